The van der Waals surface area contributed by atoms with Crippen molar-refractivity contribution in [2.75, 3.05) is 18.5 Å². The number of halogens is 1. The lowest BCUT2D eigenvalue weighted by molar-refractivity contribution is 0.0619. The standard InChI is InChI=1S/C21H24FN5O2S/c1-12(15-9-16(22)11-23-10-15)24-21-26-18(19-20(27-21)25-13(2)30-19)17(28)4-3-14-5-7-29-8-6-14/h9-12,14H,3-8H2,1-2H3,(H,24,26,27)/t12-/m0/s1. The number of nitrogens with one attached hydrogen (secondary N) is 1. The van der Waals surface area contributed by atoms with E-state index in [1.54, 1.807) is 6.20 Å². The average molecular weight is 430 g/mol. The second-order valence-corrected chi connectivity index (χ2v) is 8.80. The molecule has 1 fully saturated rings. The van der Waals surface area contributed by atoms with Crippen molar-refractivity contribution in [3.8, 4) is 0 Å². The summed E-state index contributed by atoms with van der Waals surface area (Å²) in [5.74, 6) is 0.414. The Morgan fingerprint density at radius 3 is 2.87 bits per heavy atom. The van der Waals surface area contributed by atoms with Crippen molar-refractivity contribution < 1.29 is 13.9 Å². The summed E-state index contributed by atoms with van der Waals surface area (Å²) < 4.78 is 19.6. The number of carbonyl (C=O) groups excluding carboxylic acids is 1. The van der Waals surface area contributed by atoms with E-state index < -0.39 is 5.82 Å². The summed E-state index contributed by atoms with van der Waals surface area (Å²) in [5, 5.41) is 3.99. The Balaban J connectivity index is 1.56. The normalized spacial score (nSPS) is 16.0. The van der Waals surface area contributed by atoms with Gasteiger partial charge in [-0.3, -0.25) is 9.78 Å². The molecule has 1 aliphatic rings. The molecule has 4 rings (SSSR count). The number of ether oxygens (including phenoxy) is 1. The Morgan fingerprint density at radius 2 is 2.10 bits per heavy atom. The number of hydrogen-bond donors (Lipinski definition) is 1. The van der Waals surface area contributed by atoms with Crippen LogP contribution in [-0.4, -0.2) is 38.9 Å². The lowest BCUT2D eigenvalue weighted by atomic mass is 9.93. The lowest BCUT2D eigenvalue weighted by Gasteiger charge is -2.21. The van der Waals surface area contributed by atoms with Gasteiger partial charge in [0.1, 0.15) is 16.2 Å². The molecule has 0 radical (unpaired) electrons. The molecule has 3 aromatic rings. The average Bonchev–Trinajstić information content (AvgIpc) is 3.12. The molecule has 0 unspecified atom stereocenters. The van der Waals surface area contributed by atoms with Gasteiger partial charge < -0.3 is 10.1 Å². The third-order valence-electron chi connectivity index (χ3n) is 5.32. The summed E-state index contributed by atoms with van der Waals surface area (Å²) in [6.07, 6.45) is 6.02. The van der Waals surface area contributed by atoms with Gasteiger partial charge in [0.15, 0.2) is 11.4 Å². The van der Waals surface area contributed by atoms with Crippen LogP contribution in [0.5, 0.6) is 0 Å². The largest absolute Gasteiger partial charge is 0.381 e. The number of aryl methyl sites for hydroxylation is 1. The summed E-state index contributed by atoms with van der Waals surface area (Å²) in [5.41, 5.74) is 1.58. The number of thiazole rings is 1. The number of rotatable bonds is 7. The van der Waals surface area contributed by atoms with Crippen LogP contribution in [0, 0.1) is 18.7 Å². The summed E-state index contributed by atoms with van der Waals surface area (Å²) in [6, 6.07) is 1.13. The molecule has 30 heavy (non-hydrogen) atoms. The minimum atomic E-state index is -0.406. The van der Waals surface area contributed by atoms with Gasteiger partial charge in [-0.25, -0.2) is 14.4 Å². The van der Waals surface area contributed by atoms with Gasteiger partial charge in [0, 0.05) is 25.8 Å². The van der Waals surface area contributed by atoms with E-state index in [1.165, 1.54) is 17.4 Å². The van der Waals surface area contributed by atoms with Gasteiger partial charge >= 0.3 is 0 Å². The summed E-state index contributed by atoms with van der Waals surface area (Å²) in [7, 11) is 0. The molecule has 0 amide bonds. The first-order chi connectivity index (χ1) is 14.5. The van der Waals surface area contributed by atoms with Gasteiger partial charge in [-0.2, -0.15) is 4.98 Å². The van der Waals surface area contributed by atoms with E-state index in [4.69, 9.17) is 4.74 Å². The molecule has 0 bridgehead atoms. The molecule has 0 spiro atoms. The monoisotopic (exact) mass is 429 g/mol. The zero-order valence-electron chi connectivity index (χ0n) is 17.0. The van der Waals surface area contributed by atoms with Crippen molar-refractivity contribution >= 4 is 33.4 Å². The van der Waals surface area contributed by atoms with E-state index >= 15 is 0 Å². The van der Waals surface area contributed by atoms with E-state index in [0.29, 0.717) is 35.2 Å². The molecule has 1 atom stereocenters. The summed E-state index contributed by atoms with van der Waals surface area (Å²) in [6.45, 7) is 5.29. The lowest BCUT2D eigenvalue weighted by Crippen LogP contribution is -2.17. The Kier molecular flexibility index (Phi) is 6.29. The van der Waals surface area contributed by atoms with Gasteiger partial charge in [-0.05, 0) is 50.7 Å². The third kappa shape index (κ3) is 4.79. The van der Waals surface area contributed by atoms with Crippen LogP contribution in [-0.2, 0) is 4.74 Å². The molecule has 0 aliphatic carbocycles. The second-order valence-electron chi connectivity index (χ2n) is 7.60. The van der Waals surface area contributed by atoms with Gasteiger partial charge in [0.25, 0.3) is 0 Å². The maximum atomic E-state index is 13.5. The predicted molar refractivity (Wildman–Crippen MR) is 113 cm³/mol. The van der Waals surface area contributed by atoms with Crippen molar-refractivity contribution in [2.45, 2.75) is 45.6 Å². The number of ketones is 1. The molecular weight excluding hydrogens is 405 g/mol. The molecule has 0 saturated carbocycles. The zero-order valence-corrected chi connectivity index (χ0v) is 17.8. The molecule has 7 nitrogen and oxygen atoms in total. The minimum Gasteiger partial charge on any atom is -0.381 e. The number of Topliss-reactive ketones (excluding diaryl/α,β-unsaturated/α-hetero) is 1. The van der Waals surface area contributed by atoms with Crippen LogP contribution in [0.1, 0.15) is 59.7 Å². The maximum absolute atomic E-state index is 13.5. The Bertz CT molecular complexity index is 1050. The molecule has 0 aromatic carbocycles. The molecular formula is C21H24FN5O2S. The van der Waals surface area contributed by atoms with Crippen molar-refractivity contribution in [3.63, 3.8) is 0 Å². The van der Waals surface area contributed by atoms with Crippen molar-refractivity contribution in [1.82, 2.24) is 19.9 Å². The highest BCUT2D eigenvalue weighted by molar-refractivity contribution is 7.18. The summed E-state index contributed by atoms with van der Waals surface area (Å²) >= 11 is 1.43. The van der Waals surface area contributed by atoms with Crippen molar-refractivity contribution in [2.24, 2.45) is 5.92 Å². The Hall–Kier alpha value is -2.52. The van der Waals surface area contributed by atoms with Crippen LogP contribution in [0.2, 0.25) is 0 Å². The molecule has 1 aliphatic heterocycles. The summed E-state index contributed by atoms with van der Waals surface area (Å²) in [4.78, 5) is 30.4. The number of fused-ring (bicyclic) bond motifs is 1. The highest BCUT2D eigenvalue weighted by Gasteiger charge is 2.21. The molecule has 3 aromatic heterocycles. The van der Waals surface area contributed by atoms with Crippen molar-refractivity contribution in [1.29, 1.82) is 0 Å². The molecule has 4 heterocycles. The molecule has 9 heteroatoms. The molecule has 1 saturated heterocycles. The number of pyridine rings is 1. The number of aromatic nitrogens is 4. The second kappa shape index (κ2) is 9.09. The van der Waals surface area contributed by atoms with Crippen LogP contribution >= 0.6 is 11.3 Å². The van der Waals surface area contributed by atoms with Crippen LogP contribution in [0.3, 0.4) is 0 Å². The first-order valence-electron chi connectivity index (χ1n) is 10.1. The Morgan fingerprint density at radius 1 is 1.30 bits per heavy atom. The van der Waals surface area contributed by atoms with E-state index in [2.05, 4.69) is 25.3 Å². The van der Waals surface area contributed by atoms with E-state index in [-0.39, 0.29) is 11.8 Å². The van der Waals surface area contributed by atoms with E-state index in [1.807, 2.05) is 13.8 Å². The predicted octanol–water partition coefficient (Wildman–Crippen LogP) is 4.49. The van der Waals surface area contributed by atoms with Gasteiger partial charge in [-0.1, -0.05) is 0 Å². The van der Waals surface area contributed by atoms with Gasteiger partial charge in [0.05, 0.1) is 17.2 Å². The molecule has 158 valence electrons. The highest BCUT2D eigenvalue weighted by Crippen LogP contribution is 2.28. The molecule has 1 N–H and O–H groups in total. The fourth-order valence-electron chi connectivity index (χ4n) is 3.61. The fraction of sp³-hybridized carbons (Fsp3) is 0.476. The maximum Gasteiger partial charge on any atom is 0.225 e. The van der Waals surface area contributed by atoms with Crippen molar-refractivity contribution in [3.05, 3.63) is 40.5 Å². The smallest absolute Gasteiger partial charge is 0.225 e. The van der Waals surface area contributed by atoms with Gasteiger partial charge in [-0.15, -0.1) is 11.3 Å². The van der Waals surface area contributed by atoms with Crippen LogP contribution < -0.4 is 5.32 Å². The highest BCUT2D eigenvalue weighted by atomic mass is 32.1. The van der Waals surface area contributed by atoms with Crippen LogP contribution in [0.4, 0.5) is 10.3 Å². The number of carbonyl (C=O) groups is 1. The SMILES string of the molecule is Cc1nc2nc(N[C@@H](C)c3cncc(F)c3)nc(C(=O)CCC3CCOCC3)c2s1. The minimum absolute atomic E-state index is 0.000618. The van der Waals surface area contributed by atoms with Gasteiger partial charge in [0.2, 0.25) is 5.95 Å². The number of hydrogen-bond acceptors (Lipinski definition) is 8. The number of nitrogens with zero attached hydrogens (tertiary/aromatic N) is 4. The quantitative estimate of drug-likeness (QED) is 0.553. The van der Waals surface area contributed by atoms with Crippen LogP contribution in [0.15, 0.2) is 18.5 Å². The van der Waals surface area contributed by atoms with Crippen LogP contribution in [0.25, 0.3) is 10.3 Å². The Labute approximate surface area is 178 Å². The van der Waals surface area contributed by atoms with E-state index in [9.17, 15) is 9.18 Å². The third-order valence-corrected chi connectivity index (χ3v) is 6.28. The number of anilines is 1. The fourth-order valence-corrected chi connectivity index (χ4v) is 4.48. The topological polar surface area (TPSA) is 89.9 Å². The van der Waals surface area contributed by atoms with E-state index in [0.717, 1.165) is 48.4 Å². The first kappa shape index (κ1) is 20.7. The zero-order chi connectivity index (χ0) is 21.1. The first-order valence-corrected chi connectivity index (χ1v) is 10.9.